The van der Waals surface area contributed by atoms with Crippen LogP contribution in [0.3, 0.4) is 0 Å². The molecule has 48 heavy (non-hydrogen) atoms. The summed E-state index contributed by atoms with van der Waals surface area (Å²) in [6, 6.07) is 22.0. The number of hydrogen-bond acceptors (Lipinski definition) is 11. The Morgan fingerprint density at radius 3 is 2.44 bits per heavy atom. The van der Waals surface area contributed by atoms with Gasteiger partial charge in [0.1, 0.15) is 10.8 Å². The lowest BCUT2D eigenvalue weighted by molar-refractivity contribution is -0.118. The maximum Gasteiger partial charge on any atom is 0.254 e. The molecule has 1 N–H and O–H groups in total. The number of benzene rings is 3. The van der Waals surface area contributed by atoms with Crippen molar-refractivity contribution in [1.82, 2.24) is 20.1 Å². The third kappa shape index (κ3) is 8.04. The Labute approximate surface area is 282 Å². The van der Waals surface area contributed by atoms with Gasteiger partial charge >= 0.3 is 0 Å². The summed E-state index contributed by atoms with van der Waals surface area (Å²) >= 11 is 1.23. The molecule has 6 rings (SSSR count). The number of carbonyl (C=O) groups excluding carboxylic acids is 2. The normalized spacial score (nSPS) is 15.0. The van der Waals surface area contributed by atoms with Crippen molar-refractivity contribution >= 4 is 43.1 Å². The number of aromatic nitrogens is 3. The molecule has 3 heterocycles. The van der Waals surface area contributed by atoms with Crippen molar-refractivity contribution in [2.24, 2.45) is 0 Å². The number of hydrogen-bond donors (Lipinski definition) is 1. The van der Waals surface area contributed by atoms with E-state index in [0.29, 0.717) is 55.8 Å². The number of ether oxygens (including phenoxy) is 1. The number of rotatable bonds is 13. The Hall–Kier alpha value is -4.30. The van der Waals surface area contributed by atoms with E-state index in [4.69, 9.17) is 14.1 Å². The van der Waals surface area contributed by atoms with Crippen molar-refractivity contribution < 1.29 is 32.3 Å². The summed E-state index contributed by atoms with van der Waals surface area (Å²) in [6.07, 6.45) is 0.643. The van der Waals surface area contributed by atoms with Crippen LogP contribution in [0.2, 0.25) is 0 Å². The van der Waals surface area contributed by atoms with Crippen LogP contribution in [0.4, 0.5) is 0 Å². The van der Waals surface area contributed by atoms with E-state index < -0.39 is 21.2 Å². The van der Waals surface area contributed by atoms with Crippen molar-refractivity contribution in [3.8, 4) is 11.1 Å². The first-order valence-corrected chi connectivity index (χ1v) is 18.3. The molecule has 250 valence electrons. The Morgan fingerprint density at radius 2 is 1.71 bits per heavy atom. The summed E-state index contributed by atoms with van der Waals surface area (Å²) in [4.78, 5) is 31.9. The first-order chi connectivity index (χ1) is 23.2. The van der Waals surface area contributed by atoms with E-state index in [1.54, 1.807) is 36.1 Å². The fraction of sp³-hybridized carbons (Fsp3) is 0.343. The highest BCUT2D eigenvalue weighted by Crippen LogP contribution is 2.38. The number of thiazole rings is 1. The highest BCUT2D eigenvalue weighted by molar-refractivity contribution is 7.91. The smallest absolute Gasteiger partial charge is 0.254 e. The van der Waals surface area contributed by atoms with Gasteiger partial charge in [-0.1, -0.05) is 48.5 Å². The van der Waals surface area contributed by atoms with Gasteiger partial charge in [0, 0.05) is 25.1 Å². The number of nitrogens with zero attached hydrogens (tertiary/aromatic N) is 4. The van der Waals surface area contributed by atoms with Crippen molar-refractivity contribution in [1.29, 1.82) is 0 Å². The molecule has 1 saturated heterocycles. The lowest BCUT2D eigenvalue weighted by Gasteiger charge is -2.26. The van der Waals surface area contributed by atoms with Crippen LogP contribution in [0.15, 0.2) is 77.2 Å². The van der Waals surface area contributed by atoms with Crippen molar-refractivity contribution in [3.63, 3.8) is 0 Å². The van der Waals surface area contributed by atoms with Crippen LogP contribution in [0.5, 0.6) is 0 Å². The van der Waals surface area contributed by atoms with Crippen LogP contribution in [0.25, 0.3) is 21.3 Å². The molecule has 0 spiro atoms. The topological polar surface area (TPSA) is 153 Å². The molecular formula is C35H36N4O7S2. The minimum absolute atomic E-state index is 0.0277. The minimum Gasteiger partial charge on any atom is -0.423 e. The van der Waals surface area contributed by atoms with Crippen LogP contribution in [-0.4, -0.2) is 77.7 Å². The van der Waals surface area contributed by atoms with Gasteiger partial charge < -0.3 is 19.2 Å². The third-order valence-electron chi connectivity index (χ3n) is 8.10. The van der Waals surface area contributed by atoms with Gasteiger partial charge in [0.05, 0.1) is 41.7 Å². The number of amides is 1. The Morgan fingerprint density at radius 1 is 0.979 bits per heavy atom. The number of Topliss-reactive ketones (excluding diaryl/α,β-unsaturated/α-hetero) is 1. The third-order valence-corrected chi connectivity index (χ3v) is 11.2. The monoisotopic (exact) mass is 688 g/mol. The van der Waals surface area contributed by atoms with Gasteiger partial charge in [-0.15, -0.1) is 21.5 Å². The number of aliphatic hydroxyl groups is 1. The van der Waals surface area contributed by atoms with Gasteiger partial charge in [-0.3, -0.25) is 9.59 Å². The van der Waals surface area contributed by atoms with E-state index >= 15 is 0 Å². The lowest BCUT2D eigenvalue weighted by Crippen LogP contribution is -2.40. The Balaban J connectivity index is 1.27. The number of aliphatic hydroxyl groups excluding tert-OH is 1. The summed E-state index contributed by atoms with van der Waals surface area (Å²) in [5.74, 6) is -0.547. The maximum absolute atomic E-state index is 14.0. The zero-order valence-electron chi connectivity index (χ0n) is 26.4. The second-order valence-corrected chi connectivity index (χ2v) is 15.0. The van der Waals surface area contributed by atoms with Crippen LogP contribution in [0.1, 0.15) is 64.1 Å². The average molecular weight is 689 g/mol. The van der Waals surface area contributed by atoms with Gasteiger partial charge in [-0.2, -0.15) is 0 Å². The highest BCUT2D eigenvalue weighted by atomic mass is 32.2. The molecular weight excluding hydrogens is 653 g/mol. The van der Waals surface area contributed by atoms with E-state index in [2.05, 4.69) is 10.2 Å². The molecule has 1 aliphatic rings. The Bertz CT molecular complexity index is 1980. The first-order valence-electron chi connectivity index (χ1n) is 15.8. The van der Waals surface area contributed by atoms with Gasteiger partial charge in [0.25, 0.3) is 5.91 Å². The molecule has 1 fully saturated rings. The standard InChI is InChI=1S/C35H36N4O7S2/c1-23(40)6-5-9-28(41)21-31-37-38-33(46-31)32(48(43,44)22-24-7-3-2-4-8-24)34-36-29-15-14-27(20-30(29)47-34)25-10-12-26(13-11-25)35(42)39-16-18-45-19-17-39/h2-4,7-8,10-15,20,23,32,40H,5-6,9,16-19,21-22H2,1H3. The predicted octanol–water partition coefficient (Wildman–Crippen LogP) is 5.19. The van der Waals surface area contributed by atoms with Gasteiger partial charge in [0.15, 0.2) is 15.1 Å². The number of sulfone groups is 1. The molecule has 11 nitrogen and oxygen atoms in total. The molecule has 0 radical (unpaired) electrons. The zero-order chi connectivity index (χ0) is 33.7. The van der Waals surface area contributed by atoms with Crippen LogP contribution in [0, 0.1) is 0 Å². The van der Waals surface area contributed by atoms with Crippen LogP contribution >= 0.6 is 11.3 Å². The Kier molecular flexibility index (Phi) is 10.4. The van der Waals surface area contributed by atoms with E-state index in [1.807, 2.05) is 48.5 Å². The first kappa shape index (κ1) is 33.6. The van der Waals surface area contributed by atoms with Crippen molar-refractivity contribution in [2.75, 3.05) is 26.3 Å². The SMILES string of the molecule is CC(O)CCCC(=O)Cc1nnc(C(c2nc3ccc(-c4ccc(C(=O)N5CCOCC5)cc4)cc3s2)S(=O)(=O)Cc2ccccc2)o1. The fourth-order valence-corrected chi connectivity index (χ4v) is 8.74. The zero-order valence-corrected chi connectivity index (χ0v) is 28.1. The molecule has 2 atom stereocenters. The second kappa shape index (κ2) is 14.9. The van der Waals surface area contributed by atoms with E-state index in [-0.39, 0.29) is 47.1 Å². The molecule has 0 bridgehead atoms. The number of fused-ring (bicyclic) bond motifs is 1. The highest BCUT2D eigenvalue weighted by Gasteiger charge is 2.37. The number of morpholine rings is 1. The molecule has 1 aliphatic heterocycles. The summed E-state index contributed by atoms with van der Waals surface area (Å²) in [5.41, 5.74) is 3.62. The largest absolute Gasteiger partial charge is 0.423 e. The summed E-state index contributed by atoms with van der Waals surface area (Å²) in [7, 11) is -3.96. The molecule has 1 amide bonds. The van der Waals surface area contributed by atoms with Gasteiger partial charge in [-0.05, 0) is 60.7 Å². The average Bonchev–Trinajstić information content (AvgIpc) is 3.71. The summed E-state index contributed by atoms with van der Waals surface area (Å²) < 4.78 is 40.0. The van der Waals surface area contributed by atoms with Gasteiger partial charge in [0.2, 0.25) is 11.8 Å². The number of ketones is 1. The van der Waals surface area contributed by atoms with E-state index in [9.17, 15) is 23.1 Å². The van der Waals surface area contributed by atoms with Crippen LogP contribution in [-0.2, 0) is 31.5 Å². The molecule has 3 aromatic carbocycles. The predicted molar refractivity (Wildman–Crippen MR) is 181 cm³/mol. The summed E-state index contributed by atoms with van der Waals surface area (Å²) in [6.45, 7) is 3.88. The number of carbonyl (C=O) groups is 2. The molecule has 0 aliphatic carbocycles. The quantitative estimate of drug-likeness (QED) is 0.175. The van der Waals surface area contributed by atoms with Crippen LogP contribution < -0.4 is 0 Å². The van der Waals surface area contributed by atoms with Crippen molar-refractivity contribution in [3.05, 3.63) is 101 Å². The maximum atomic E-state index is 14.0. The lowest BCUT2D eigenvalue weighted by atomic mass is 10.0. The molecule has 2 unspecified atom stereocenters. The molecule has 0 saturated carbocycles. The summed E-state index contributed by atoms with van der Waals surface area (Å²) in [5, 5.41) is 16.5. The minimum atomic E-state index is -3.96. The molecule has 5 aromatic rings. The molecule has 2 aromatic heterocycles. The molecule has 13 heteroatoms. The van der Waals surface area contributed by atoms with E-state index in [0.717, 1.165) is 15.8 Å². The second-order valence-electron chi connectivity index (χ2n) is 11.9. The fourth-order valence-electron chi connectivity index (χ4n) is 5.59. The van der Waals surface area contributed by atoms with E-state index in [1.165, 1.54) is 11.3 Å². The van der Waals surface area contributed by atoms with Crippen molar-refractivity contribution in [2.45, 2.75) is 49.7 Å². The van der Waals surface area contributed by atoms with Gasteiger partial charge in [-0.25, -0.2) is 13.4 Å².